The summed E-state index contributed by atoms with van der Waals surface area (Å²) in [6, 6.07) is 6.16. The van der Waals surface area contributed by atoms with E-state index in [4.69, 9.17) is 9.47 Å². The first kappa shape index (κ1) is 18.7. The van der Waals surface area contributed by atoms with Crippen LogP contribution in [0.5, 0.6) is 5.75 Å². The van der Waals surface area contributed by atoms with Crippen LogP contribution in [0.1, 0.15) is 44.0 Å². The van der Waals surface area contributed by atoms with E-state index in [2.05, 4.69) is 5.32 Å². The van der Waals surface area contributed by atoms with Gasteiger partial charge in [-0.25, -0.2) is 4.79 Å². The number of rotatable bonds is 8. The SMILES string of the molecule is CCCC(=O)Oc1ccc(C(=O)OCCNC(=O)C(C)C)cc1. The van der Waals surface area contributed by atoms with Gasteiger partial charge in [-0.3, -0.25) is 9.59 Å². The first-order valence-corrected chi connectivity index (χ1v) is 7.69. The standard InChI is InChI=1S/C17H23NO5/c1-4-5-15(19)23-14-8-6-13(7-9-14)17(21)22-11-10-18-16(20)12(2)3/h6-9,12H,4-5,10-11H2,1-3H3,(H,18,20). The van der Waals surface area contributed by atoms with E-state index < -0.39 is 5.97 Å². The molecule has 126 valence electrons. The number of ether oxygens (including phenoxy) is 2. The molecule has 0 bridgehead atoms. The average Bonchev–Trinajstić information content (AvgIpc) is 2.51. The fourth-order valence-corrected chi connectivity index (χ4v) is 1.65. The van der Waals surface area contributed by atoms with Gasteiger partial charge in [-0.1, -0.05) is 20.8 Å². The Morgan fingerprint density at radius 3 is 2.35 bits per heavy atom. The topological polar surface area (TPSA) is 81.7 Å². The van der Waals surface area contributed by atoms with Crippen LogP contribution in [0.4, 0.5) is 0 Å². The Morgan fingerprint density at radius 2 is 1.78 bits per heavy atom. The number of amides is 1. The summed E-state index contributed by atoms with van der Waals surface area (Å²) in [6.07, 6.45) is 1.07. The molecule has 0 aliphatic heterocycles. The van der Waals surface area contributed by atoms with Crippen LogP contribution in [0, 0.1) is 5.92 Å². The molecule has 1 rings (SSSR count). The molecule has 6 nitrogen and oxygen atoms in total. The lowest BCUT2D eigenvalue weighted by Crippen LogP contribution is -2.31. The maximum Gasteiger partial charge on any atom is 0.338 e. The van der Waals surface area contributed by atoms with Crippen LogP contribution < -0.4 is 10.1 Å². The Morgan fingerprint density at radius 1 is 1.13 bits per heavy atom. The number of esters is 2. The molecule has 0 saturated heterocycles. The predicted octanol–water partition coefficient (Wildman–Crippen LogP) is 2.32. The number of carbonyl (C=O) groups excluding carboxylic acids is 3. The monoisotopic (exact) mass is 321 g/mol. The van der Waals surface area contributed by atoms with E-state index >= 15 is 0 Å². The highest BCUT2D eigenvalue weighted by molar-refractivity contribution is 5.89. The molecule has 6 heteroatoms. The van der Waals surface area contributed by atoms with Gasteiger partial charge in [0, 0.05) is 12.3 Å². The summed E-state index contributed by atoms with van der Waals surface area (Å²) in [5.41, 5.74) is 0.357. The van der Waals surface area contributed by atoms with Gasteiger partial charge in [-0.2, -0.15) is 0 Å². The van der Waals surface area contributed by atoms with Gasteiger partial charge in [0.25, 0.3) is 0 Å². The second-order valence-corrected chi connectivity index (χ2v) is 5.33. The second kappa shape index (κ2) is 9.61. The van der Waals surface area contributed by atoms with Crippen molar-refractivity contribution in [1.82, 2.24) is 5.32 Å². The van der Waals surface area contributed by atoms with Crippen LogP contribution in [0.2, 0.25) is 0 Å². The van der Waals surface area contributed by atoms with Crippen molar-refractivity contribution in [2.75, 3.05) is 13.2 Å². The number of hydrogen-bond donors (Lipinski definition) is 1. The van der Waals surface area contributed by atoms with Crippen LogP contribution in [-0.4, -0.2) is 31.0 Å². The predicted molar refractivity (Wildman–Crippen MR) is 85.1 cm³/mol. The molecule has 23 heavy (non-hydrogen) atoms. The zero-order valence-corrected chi connectivity index (χ0v) is 13.8. The van der Waals surface area contributed by atoms with E-state index in [1.807, 2.05) is 6.92 Å². The van der Waals surface area contributed by atoms with E-state index in [9.17, 15) is 14.4 Å². The van der Waals surface area contributed by atoms with Gasteiger partial charge in [-0.15, -0.1) is 0 Å². The van der Waals surface area contributed by atoms with Crippen LogP contribution >= 0.6 is 0 Å². The summed E-state index contributed by atoms with van der Waals surface area (Å²) in [5, 5.41) is 2.66. The second-order valence-electron chi connectivity index (χ2n) is 5.33. The smallest absolute Gasteiger partial charge is 0.338 e. The van der Waals surface area contributed by atoms with E-state index in [0.29, 0.717) is 17.7 Å². The molecule has 0 aromatic heterocycles. The van der Waals surface area contributed by atoms with E-state index in [0.717, 1.165) is 6.42 Å². The Kier molecular flexibility index (Phi) is 7.80. The first-order valence-electron chi connectivity index (χ1n) is 7.69. The highest BCUT2D eigenvalue weighted by Crippen LogP contribution is 2.14. The average molecular weight is 321 g/mol. The minimum absolute atomic E-state index is 0.0840. The Hall–Kier alpha value is -2.37. The van der Waals surface area contributed by atoms with Crippen LogP contribution in [0.3, 0.4) is 0 Å². The largest absolute Gasteiger partial charge is 0.460 e. The van der Waals surface area contributed by atoms with Crippen molar-refractivity contribution >= 4 is 17.8 Å². The summed E-state index contributed by atoms with van der Waals surface area (Å²) >= 11 is 0. The van der Waals surface area contributed by atoms with Crippen LogP contribution in [-0.2, 0) is 14.3 Å². The lowest BCUT2D eigenvalue weighted by molar-refractivity contribution is -0.134. The highest BCUT2D eigenvalue weighted by Gasteiger charge is 2.10. The lowest BCUT2D eigenvalue weighted by Gasteiger charge is -2.09. The van der Waals surface area contributed by atoms with E-state index in [1.165, 1.54) is 12.1 Å². The van der Waals surface area contributed by atoms with Crippen molar-refractivity contribution < 1.29 is 23.9 Å². The number of carbonyl (C=O) groups is 3. The Labute approximate surface area is 136 Å². The summed E-state index contributed by atoms with van der Waals surface area (Å²) in [6.45, 7) is 5.84. The molecule has 1 amide bonds. The van der Waals surface area contributed by atoms with Crippen molar-refractivity contribution in [3.8, 4) is 5.75 Å². The minimum atomic E-state index is -0.491. The fourth-order valence-electron chi connectivity index (χ4n) is 1.65. The molecule has 0 saturated carbocycles. The minimum Gasteiger partial charge on any atom is -0.460 e. The third-order valence-electron chi connectivity index (χ3n) is 2.93. The van der Waals surface area contributed by atoms with Gasteiger partial charge < -0.3 is 14.8 Å². The molecule has 0 atom stereocenters. The number of hydrogen-bond acceptors (Lipinski definition) is 5. The van der Waals surface area contributed by atoms with Crippen molar-refractivity contribution in [1.29, 1.82) is 0 Å². The van der Waals surface area contributed by atoms with E-state index in [-0.39, 0.29) is 30.9 Å². The normalized spacial score (nSPS) is 10.3. The maximum atomic E-state index is 11.8. The molecule has 0 heterocycles. The molecular formula is C17H23NO5. The molecule has 1 N–H and O–H groups in total. The zero-order valence-electron chi connectivity index (χ0n) is 13.8. The fraction of sp³-hybridized carbons (Fsp3) is 0.471. The first-order chi connectivity index (χ1) is 10.9. The van der Waals surface area contributed by atoms with Gasteiger partial charge >= 0.3 is 11.9 Å². The molecule has 0 spiro atoms. The van der Waals surface area contributed by atoms with Crippen molar-refractivity contribution in [3.63, 3.8) is 0 Å². The third kappa shape index (κ3) is 6.95. The summed E-state index contributed by atoms with van der Waals surface area (Å²) in [4.78, 5) is 34.5. The van der Waals surface area contributed by atoms with Gasteiger partial charge in [0.15, 0.2) is 0 Å². The molecule has 0 radical (unpaired) electrons. The summed E-state index contributed by atoms with van der Waals surface area (Å²) < 4.78 is 10.2. The molecular weight excluding hydrogens is 298 g/mol. The quantitative estimate of drug-likeness (QED) is 0.451. The Bertz CT molecular complexity index is 536. The Balaban J connectivity index is 2.39. The number of benzene rings is 1. The van der Waals surface area contributed by atoms with Crippen molar-refractivity contribution in [2.45, 2.75) is 33.6 Å². The van der Waals surface area contributed by atoms with Crippen molar-refractivity contribution in [2.24, 2.45) is 5.92 Å². The molecule has 1 aromatic rings. The third-order valence-corrected chi connectivity index (χ3v) is 2.93. The van der Waals surface area contributed by atoms with Gasteiger partial charge in [0.2, 0.25) is 5.91 Å². The number of nitrogens with one attached hydrogen (secondary N) is 1. The molecule has 0 unspecified atom stereocenters. The zero-order chi connectivity index (χ0) is 17.2. The van der Waals surface area contributed by atoms with Gasteiger partial charge in [0.05, 0.1) is 12.1 Å². The highest BCUT2D eigenvalue weighted by atomic mass is 16.5. The van der Waals surface area contributed by atoms with Gasteiger partial charge in [-0.05, 0) is 30.7 Å². The van der Waals surface area contributed by atoms with E-state index in [1.54, 1.807) is 26.0 Å². The van der Waals surface area contributed by atoms with Crippen molar-refractivity contribution in [3.05, 3.63) is 29.8 Å². The molecule has 0 fully saturated rings. The lowest BCUT2D eigenvalue weighted by atomic mass is 10.2. The summed E-state index contributed by atoms with van der Waals surface area (Å²) in [7, 11) is 0. The van der Waals surface area contributed by atoms with Crippen LogP contribution in [0.25, 0.3) is 0 Å². The molecule has 1 aromatic carbocycles. The maximum absolute atomic E-state index is 11.8. The molecule has 0 aliphatic carbocycles. The van der Waals surface area contributed by atoms with Crippen LogP contribution in [0.15, 0.2) is 24.3 Å². The van der Waals surface area contributed by atoms with Gasteiger partial charge in [0.1, 0.15) is 12.4 Å². The molecule has 0 aliphatic rings. The summed E-state index contributed by atoms with van der Waals surface area (Å²) in [5.74, 6) is -0.587.